The Bertz CT molecular complexity index is 2250. The molecule has 4 N–H and O–H groups in total. The van der Waals surface area contributed by atoms with E-state index in [-0.39, 0.29) is 47.1 Å². The maximum absolute atomic E-state index is 13.8. The highest BCUT2D eigenvalue weighted by Gasteiger charge is 2.60. The van der Waals surface area contributed by atoms with Crippen molar-refractivity contribution in [2.75, 3.05) is 26.2 Å². The van der Waals surface area contributed by atoms with Crippen LogP contribution in [0.5, 0.6) is 0 Å². The van der Waals surface area contributed by atoms with Crippen molar-refractivity contribution in [3.8, 4) is 12.1 Å². The van der Waals surface area contributed by atoms with Gasteiger partial charge in [0.15, 0.2) is 0 Å². The van der Waals surface area contributed by atoms with Crippen molar-refractivity contribution in [2.45, 2.75) is 136 Å². The van der Waals surface area contributed by atoms with Gasteiger partial charge in [0.25, 0.3) is 17.8 Å². The number of carbonyl (C=O) groups excluding carboxylic acids is 4. The summed E-state index contributed by atoms with van der Waals surface area (Å²) in [5.74, 6) is -5.20. The minimum Gasteiger partial charge on any atom is -0.347 e. The molecule has 8 saturated carbocycles. The van der Waals surface area contributed by atoms with Gasteiger partial charge in [-0.2, -0.15) is 10.5 Å². The lowest BCUT2D eigenvalue weighted by atomic mass is 9.50. The number of thiophene rings is 1. The molecular formula is C48H56F4N8O4S. The number of amides is 4. The van der Waals surface area contributed by atoms with Gasteiger partial charge in [-0.05, 0) is 124 Å². The molecule has 10 fully saturated rings. The minimum absolute atomic E-state index is 0.0423. The fraction of sp³-hybridized carbons (Fsp3) is 0.625. The topological polar surface area (TPSA) is 170 Å². The second-order valence-corrected chi connectivity index (χ2v) is 21.8. The summed E-state index contributed by atoms with van der Waals surface area (Å²) >= 11 is 1.42. The predicted octanol–water partition coefficient (Wildman–Crippen LogP) is 6.18. The predicted molar refractivity (Wildman–Crippen MR) is 233 cm³/mol. The fourth-order valence-corrected chi connectivity index (χ4v) is 14.7. The first-order valence-corrected chi connectivity index (χ1v) is 23.8. The van der Waals surface area contributed by atoms with Gasteiger partial charge in [0.2, 0.25) is 17.7 Å². The Morgan fingerprint density at radius 3 is 1.55 bits per heavy atom. The molecule has 1 aromatic carbocycles. The van der Waals surface area contributed by atoms with E-state index in [0.29, 0.717) is 28.5 Å². The third kappa shape index (κ3) is 9.70. The molecule has 1 aromatic heterocycles. The first kappa shape index (κ1) is 45.3. The number of likely N-dealkylation sites (tertiary alicyclic amines) is 2. The summed E-state index contributed by atoms with van der Waals surface area (Å²) in [4.78, 5) is 53.8. The monoisotopic (exact) mass is 916 g/mol. The average Bonchev–Trinajstić information content (AvgIpc) is 3.98. The molecule has 4 amide bonds. The molecule has 2 saturated heterocycles. The van der Waals surface area contributed by atoms with Gasteiger partial charge in [-0.3, -0.25) is 19.2 Å². The quantitative estimate of drug-likeness (QED) is 0.153. The number of halogens is 4. The van der Waals surface area contributed by atoms with Gasteiger partial charge in [0.1, 0.15) is 12.1 Å². The van der Waals surface area contributed by atoms with E-state index in [0.717, 1.165) is 92.4 Å². The lowest BCUT2D eigenvalue weighted by Gasteiger charge is -2.62. The van der Waals surface area contributed by atoms with E-state index in [9.17, 15) is 47.3 Å². The zero-order chi connectivity index (χ0) is 45.8. The van der Waals surface area contributed by atoms with E-state index in [4.69, 9.17) is 0 Å². The molecule has 2 aromatic rings. The van der Waals surface area contributed by atoms with Crippen molar-refractivity contribution >= 4 is 41.0 Å². The number of hydrogen-bond donors (Lipinski definition) is 4. The van der Waals surface area contributed by atoms with Crippen molar-refractivity contribution in [3.05, 3.63) is 64.4 Å². The normalized spacial score (nSPS) is 36.5. The van der Waals surface area contributed by atoms with E-state index in [1.807, 2.05) is 60.0 Å². The molecule has 12 rings (SSSR count). The summed E-state index contributed by atoms with van der Waals surface area (Å²) in [5, 5.41) is 33.7. The summed E-state index contributed by atoms with van der Waals surface area (Å²) in [6.07, 6.45) is 13.4. The summed E-state index contributed by atoms with van der Waals surface area (Å²) in [6.45, 7) is -1.50. The zero-order valence-electron chi connectivity index (χ0n) is 36.3. The zero-order valence-corrected chi connectivity index (χ0v) is 37.1. The van der Waals surface area contributed by atoms with Crippen molar-refractivity contribution < 1.29 is 36.7 Å². The third-order valence-corrected chi connectivity index (χ3v) is 16.4. The Morgan fingerprint density at radius 1 is 0.646 bits per heavy atom. The Hall–Kier alpha value is -4.84. The molecule has 0 spiro atoms. The molecule has 2 aliphatic heterocycles. The molecular weight excluding hydrogens is 861 g/mol. The van der Waals surface area contributed by atoms with Gasteiger partial charge in [-0.1, -0.05) is 36.4 Å². The van der Waals surface area contributed by atoms with Crippen LogP contribution in [-0.2, 0) is 14.4 Å². The smallest absolute Gasteiger partial charge is 0.268 e. The van der Waals surface area contributed by atoms with Crippen LogP contribution in [0.25, 0.3) is 6.08 Å². The van der Waals surface area contributed by atoms with Gasteiger partial charge >= 0.3 is 0 Å². The van der Waals surface area contributed by atoms with E-state index < -0.39 is 61.7 Å². The van der Waals surface area contributed by atoms with Crippen molar-refractivity contribution in [1.29, 1.82) is 10.5 Å². The van der Waals surface area contributed by atoms with Crippen LogP contribution in [0.15, 0.2) is 53.9 Å². The summed E-state index contributed by atoms with van der Waals surface area (Å²) in [6, 6.07) is 14.9. The van der Waals surface area contributed by atoms with Gasteiger partial charge in [-0.15, -0.1) is 11.3 Å². The maximum Gasteiger partial charge on any atom is 0.268 e. The minimum atomic E-state index is -3.02. The van der Waals surface area contributed by atoms with Crippen LogP contribution in [0, 0.1) is 46.3 Å². The third-order valence-electron chi connectivity index (χ3n) is 15.6. The number of carbonyl (C=O) groups is 4. The summed E-state index contributed by atoms with van der Waals surface area (Å²) in [7, 11) is 0. The van der Waals surface area contributed by atoms with Crippen LogP contribution in [0.3, 0.4) is 0 Å². The largest absolute Gasteiger partial charge is 0.347 e. The Balaban J connectivity index is 0.000000165. The van der Waals surface area contributed by atoms with E-state index in [1.165, 1.54) is 11.3 Å². The Morgan fingerprint density at radius 2 is 1.11 bits per heavy atom. The van der Waals surface area contributed by atoms with Crippen LogP contribution in [-0.4, -0.2) is 106 Å². The number of alkyl halides is 4. The molecule has 346 valence electrons. The van der Waals surface area contributed by atoms with Gasteiger partial charge in [0, 0.05) is 41.1 Å². The number of nitrogens with zero attached hydrogens (tertiary/aromatic N) is 4. The second-order valence-electron chi connectivity index (χ2n) is 20.9. The number of nitrogens with one attached hydrogen (secondary N) is 4. The van der Waals surface area contributed by atoms with Crippen LogP contribution < -0.4 is 21.3 Å². The number of nitriles is 2. The lowest BCUT2D eigenvalue weighted by molar-refractivity contribution is -0.134. The number of hydrogen-bond acceptors (Lipinski definition) is 9. The molecule has 6 atom stereocenters. The van der Waals surface area contributed by atoms with Gasteiger partial charge < -0.3 is 31.1 Å². The summed E-state index contributed by atoms with van der Waals surface area (Å²) in [5.41, 5.74) is -0.193. The van der Waals surface area contributed by atoms with Crippen LogP contribution in [0.2, 0.25) is 0 Å². The molecule has 0 radical (unpaired) electrons. The second kappa shape index (κ2) is 17.1. The lowest BCUT2D eigenvalue weighted by Crippen LogP contribution is -2.69. The highest BCUT2D eigenvalue weighted by molar-refractivity contribution is 7.12. The van der Waals surface area contributed by atoms with Crippen LogP contribution in [0.1, 0.15) is 105 Å². The fourth-order valence-electron chi connectivity index (χ4n) is 14.1. The standard InChI is InChI=1S/C26H30F2N4O2.C22H26F2N4O2S/c27-26(28)13-21(14-29)32(17-26)23(34)15-30-24-9-19-8-20(10-24)12-25(11-19,16-24)31-22(33)7-6-18-4-2-1-3-5-18;23-22(24)9-16(10-25)28(13-22)18(29)11-26-20-5-14-4-15(6-20)8-21(7-14,12-20)27-19(30)17-2-1-3-31-17/h1-7,19-21,30H,8-13,15-17H2,(H,31,33);1-3,14-16,26H,4-9,11-13H2,(H,27,30)/t19?,20?,21-,24?,25?;14?,15?,16-,20?,21?/m00/s1. The van der Waals surface area contributed by atoms with Crippen molar-refractivity contribution in [3.63, 3.8) is 0 Å². The van der Waals surface area contributed by atoms with Crippen LogP contribution >= 0.6 is 11.3 Å². The van der Waals surface area contributed by atoms with Crippen molar-refractivity contribution in [2.24, 2.45) is 23.7 Å². The maximum atomic E-state index is 13.8. The molecule has 4 unspecified atom stereocenters. The van der Waals surface area contributed by atoms with Crippen molar-refractivity contribution in [1.82, 2.24) is 31.1 Å². The van der Waals surface area contributed by atoms with Gasteiger partial charge in [-0.25, -0.2) is 17.6 Å². The van der Waals surface area contributed by atoms with Crippen LogP contribution in [0.4, 0.5) is 17.6 Å². The highest BCUT2D eigenvalue weighted by atomic mass is 32.1. The van der Waals surface area contributed by atoms with Gasteiger partial charge in [0.05, 0.1) is 43.2 Å². The highest BCUT2D eigenvalue weighted by Crippen LogP contribution is 2.59. The molecule has 3 heterocycles. The van der Waals surface area contributed by atoms with E-state index >= 15 is 0 Å². The first-order chi connectivity index (χ1) is 30.9. The Kier molecular flexibility index (Phi) is 11.9. The summed E-state index contributed by atoms with van der Waals surface area (Å²) < 4.78 is 55.0. The molecule has 10 aliphatic rings. The average molecular weight is 917 g/mol. The van der Waals surface area contributed by atoms with E-state index in [1.54, 1.807) is 12.2 Å². The Labute approximate surface area is 380 Å². The number of benzene rings is 1. The van der Waals surface area contributed by atoms with E-state index in [2.05, 4.69) is 21.3 Å². The number of rotatable bonds is 11. The molecule has 65 heavy (non-hydrogen) atoms. The molecule has 17 heteroatoms. The molecule has 8 bridgehead atoms. The first-order valence-electron chi connectivity index (χ1n) is 22.9. The SMILES string of the molecule is N#C[C@@H]1CC(F)(F)CN1C(=O)CNC12CC3CC(C1)CC(NC(=O)C=Cc1ccccc1)(C3)C2.N#C[C@@H]1CC(F)(F)CN1C(=O)CNC12CC3CC(C1)CC(NC(=O)c1cccs1)(C3)C2. The molecule has 12 nitrogen and oxygen atoms in total. The molecule has 8 aliphatic carbocycles.